The van der Waals surface area contributed by atoms with Crippen LogP contribution in [0.25, 0.3) is 11.3 Å². The number of ketones is 1. The maximum atomic E-state index is 13.6. The molecular formula is C25H21F4N3O4. The summed E-state index contributed by atoms with van der Waals surface area (Å²) >= 11 is 0. The number of piperazine rings is 1. The summed E-state index contributed by atoms with van der Waals surface area (Å²) < 4.78 is 58.5. The molecule has 36 heavy (non-hydrogen) atoms. The Hall–Kier alpha value is -4.02. The predicted octanol–water partition coefficient (Wildman–Crippen LogP) is 4.45. The first-order chi connectivity index (χ1) is 17.1. The number of hydrogen-bond acceptors (Lipinski definition) is 5. The number of carbonyl (C=O) groups excluding carboxylic acids is 3. The Morgan fingerprint density at radius 3 is 2.22 bits per heavy atom. The Bertz CT molecular complexity index is 1270. The summed E-state index contributed by atoms with van der Waals surface area (Å²) in [6, 6.07) is 12.4. The third-order valence-electron chi connectivity index (χ3n) is 5.86. The quantitative estimate of drug-likeness (QED) is 0.367. The summed E-state index contributed by atoms with van der Waals surface area (Å²) in [5, 5.41) is 3.77. The van der Waals surface area contributed by atoms with Gasteiger partial charge in [-0.05, 0) is 18.2 Å². The van der Waals surface area contributed by atoms with Crippen molar-refractivity contribution in [3.63, 3.8) is 0 Å². The Balaban J connectivity index is 1.30. The van der Waals surface area contributed by atoms with E-state index in [1.54, 1.807) is 12.1 Å². The number of halogens is 4. The van der Waals surface area contributed by atoms with Crippen molar-refractivity contribution in [1.29, 1.82) is 0 Å². The molecule has 0 bridgehead atoms. The van der Waals surface area contributed by atoms with Crippen LogP contribution >= 0.6 is 0 Å². The zero-order valence-electron chi connectivity index (χ0n) is 18.9. The van der Waals surface area contributed by atoms with E-state index in [0.29, 0.717) is 24.0 Å². The van der Waals surface area contributed by atoms with Gasteiger partial charge in [-0.15, -0.1) is 0 Å². The molecule has 7 nitrogen and oxygen atoms in total. The Kier molecular flexibility index (Phi) is 7.18. The second-order valence-electron chi connectivity index (χ2n) is 8.23. The van der Waals surface area contributed by atoms with Crippen molar-refractivity contribution < 1.29 is 36.5 Å². The molecule has 0 atom stereocenters. The van der Waals surface area contributed by atoms with Crippen LogP contribution in [0.15, 0.2) is 59.1 Å². The van der Waals surface area contributed by atoms with Gasteiger partial charge in [-0.1, -0.05) is 35.5 Å². The number of hydrogen-bond donors (Lipinski definition) is 0. The van der Waals surface area contributed by atoms with Crippen LogP contribution in [-0.4, -0.2) is 58.7 Å². The molecule has 1 saturated heterocycles. The van der Waals surface area contributed by atoms with E-state index in [-0.39, 0.29) is 56.4 Å². The van der Waals surface area contributed by atoms with Gasteiger partial charge in [0, 0.05) is 50.7 Å². The molecule has 2 heterocycles. The number of nitrogens with zero attached hydrogens (tertiary/aromatic N) is 3. The first kappa shape index (κ1) is 25.1. The van der Waals surface area contributed by atoms with E-state index in [1.165, 1.54) is 11.0 Å². The highest BCUT2D eigenvalue weighted by Crippen LogP contribution is 2.33. The molecule has 0 spiro atoms. The second-order valence-corrected chi connectivity index (χ2v) is 8.23. The molecule has 1 aromatic heterocycles. The zero-order chi connectivity index (χ0) is 25.9. The molecule has 0 unspecified atom stereocenters. The Morgan fingerprint density at radius 2 is 1.56 bits per heavy atom. The summed E-state index contributed by atoms with van der Waals surface area (Å²) in [7, 11) is 0. The van der Waals surface area contributed by atoms with Crippen LogP contribution in [0.3, 0.4) is 0 Å². The Morgan fingerprint density at radius 1 is 0.889 bits per heavy atom. The van der Waals surface area contributed by atoms with E-state index >= 15 is 0 Å². The second kappa shape index (κ2) is 10.3. The lowest BCUT2D eigenvalue weighted by Crippen LogP contribution is -2.50. The van der Waals surface area contributed by atoms with E-state index in [1.807, 2.05) is 18.2 Å². The number of rotatable bonds is 6. The van der Waals surface area contributed by atoms with Gasteiger partial charge in [-0.2, -0.15) is 13.2 Å². The standard InChI is InChI=1S/C25H21F4N3O4/c26-17-6-7-19(25(27,28)29)18(14-17)24(35)32-12-10-31(11-13-32)23(34)9-8-21(33)20-15-22(36-30-20)16-4-2-1-3-5-16/h1-7,14-15H,8-13H2. The van der Waals surface area contributed by atoms with Gasteiger partial charge in [0.25, 0.3) is 5.91 Å². The van der Waals surface area contributed by atoms with E-state index in [4.69, 9.17) is 4.52 Å². The maximum absolute atomic E-state index is 13.6. The predicted molar refractivity (Wildman–Crippen MR) is 119 cm³/mol. The molecule has 0 radical (unpaired) electrons. The smallest absolute Gasteiger partial charge is 0.356 e. The van der Waals surface area contributed by atoms with Gasteiger partial charge in [0.05, 0.1) is 11.1 Å². The van der Waals surface area contributed by atoms with Crippen LogP contribution in [0.1, 0.15) is 39.3 Å². The third-order valence-corrected chi connectivity index (χ3v) is 5.86. The SMILES string of the molecule is O=C(CCC(=O)N1CCN(C(=O)c2cc(F)ccc2C(F)(F)F)CC1)c1cc(-c2ccccc2)on1. The fraction of sp³-hybridized carbons (Fsp3) is 0.280. The summed E-state index contributed by atoms with van der Waals surface area (Å²) in [4.78, 5) is 40.3. The van der Waals surface area contributed by atoms with E-state index in [0.717, 1.165) is 10.5 Å². The molecule has 1 fully saturated rings. The lowest BCUT2D eigenvalue weighted by Gasteiger charge is -2.35. The third kappa shape index (κ3) is 5.61. The first-order valence-electron chi connectivity index (χ1n) is 11.1. The van der Waals surface area contributed by atoms with Crippen LogP contribution in [-0.2, 0) is 11.0 Å². The number of benzene rings is 2. The van der Waals surface area contributed by atoms with Gasteiger partial charge in [-0.3, -0.25) is 14.4 Å². The highest BCUT2D eigenvalue weighted by atomic mass is 19.4. The van der Waals surface area contributed by atoms with Gasteiger partial charge >= 0.3 is 6.18 Å². The summed E-state index contributed by atoms with van der Waals surface area (Å²) in [6.07, 6.45) is -5.01. The van der Waals surface area contributed by atoms with Crippen LogP contribution in [0, 0.1) is 5.82 Å². The molecule has 1 aliphatic rings. The highest BCUT2D eigenvalue weighted by Gasteiger charge is 2.37. The van der Waals surface area contributed by atoms with Crippen LogP contribution in [0.2, 0.25) is 0 Å². The lowest BCUT2D eigenvalue weighted by atomic mass is 10.0. The molecule has 0 N–H and O–H groups in total. The van der Waals surface area contributed by atoms with Crippen LogP contribution in [0.4, 0.5) is 17.6 Å². The van der Waals surface area contributed by atoms with Crippen molar-refractivity contribution in [2.45, 2.75) is 19.0 Å². The number of alkyl halides is 3. The normalized spacial score (nSPS) is 14.1. The highest BCUT2D eigenvalue weighted by molar-refractivity contribution is 5.97. The molecule has 1 aliphatic heterocycles. The van der Waals surface area contributed by atoms with Gasteiger partial charge < -0.3 is 14.3 Å². The zero-order valence-corrected chi connectivity index (χ0v) is 18.9. The fourth-order valence-electron chi connectivity index (χ4n) is 3.92. The van der Waals surface area contributed by atoms with Crippen LogP contribution < -0.4 is 0 Å². The van der Waals surface area contributed by atoms with Crippen molar-refractivity contribution in [2.24, 2.45) is 0 Å². The van der Waals surface area contributed by atoms with Crippen molar-refractivity contribution in [3.05, 3.63) is 77.2 Å². The Labute approximate surface area is 203 Å². The van der Waals surface area contributed by atoms with Gasteiger partial charge in [0.1, 0.15) is 11.5 Å². The van der Waals surface area contributed by atoms with Crippen molar-refractivity contribution in [2.75, 3.05) is 26.2 Å². The minimum absolute atomic E-state index is 0.0178. The molecule has 11 heteroatoms. The number of amides is 2. The molecule has 3 aromatic rings. The minimum Gasteiger partial charge on any atom is -0.356 e. The first-order valence-corrected chi connectivity index (χ1v) is 11.1. The summed E-state index contributed by atoms with van der Waals surface area (Å²) in [5.41, 5.74) is -1.12. The molecule has 0 saturated carbocycles. The molecule has 0 aliphatic carbocycles. The molecule has 4 rings (SSSR count). The van der Waals surface area contributed by atoms with Gasteiger partial charge in [-0.25, -0.2) is 4.39 Å². The van der Waals surface area contributed by atoms with E-state index in [2.05, 4.69) is 5.16 Å². The van der Waals surface area contributed by atoms with E-state index in [9.17, 15) is 31.9 Å². The van der Waals surface area contributed by atoms with Crippen molar-refractivity contribution in [1.82, 2.24) is 15.0 Å². The van der Waals surface area contributed by atoms with Crippen molar-refractivity contribution in [3.8, 4) is 11.3 Å². The number of carbonyl (C=O) groups is 3. The molecule has 2 aromatic carbocycles. The summed E-state index contributed by atoms with van der Waals surface area (Å²) in [6.45, 7) is 0.126. The molecule has 188 valence electrons. The monoisotopic (exact) mass is 503 g/mol. The van der Waals surface area contributed by atoms with Gasteiger partial charge in [0.2, 0.25) is 5.91 Å². The van der Waals surface area contributed by atoms with Gasteiger partial charge in [0.15, 0.2) is 11.5 Å². The van der Waals surface area contributed by atoms with E-state index < -0.39 is 29.0 Å². The molecular weight excluding hydrogens is 482 g/mol. The average Bonchev–Trinajstić information content (AvgIpc) is 3.37. The molecule has 2 amide bonds. The number of aromatic nitrogens is 1. The summed E-state index contributed by atoms with van der Waals surface area (Å²) in [5.74, 6) is -2.17. The minimum atomic E-state index is -4.81. The fourth-order valence-corrected chi connectivity index (χ4v) is 3.92. The average molecular weight is 503 g/mol. The number of Topliss-reactive ketones (excluding diaryl/α,β-unsaturated/α-hetero) is 1. The van der Waals surface area contributed by atoms with Crippen LogP contribution in [0.5, 0.6) is 0 Å². The maximum Gasteiger partial charge on any atom is 0.417 e. The van der Waals surface area contributed by atoms with Crippen molar-refractivity contribution >= 4 is 17.6 Å². The topological polar surface area (TPSA) is 83.7 Å². The lowest BCUT2D eigenvalue weighted by molar-refractivity contribution is -0.138. The largest absolute Gasteiger partial charge is 0.417 e.